The smallest absolute Gasteiger partial charge is 0.444 e. The molecular formula is C58H69BN16O7. The number of carbonyl (C=O) groups is 2. The summed E-state index contributed by atoms with van der Waals surface area (Å²) in [5.41, 5.74) is 6.31. The molecule has 23 nitrogen and oxygen atoms in total. The van der Waals surface area contributed by atoms with Crippen LogP contribution in [-0.4, -0.2) is 152 Å². The Morgan fingerprint density at radius 2 is 1.12 bits per heavy atom. The van der Waals surface area contributed by atoms with Crippen molar-refractivity contribution in [1.29, 1.82) is 10.5 Å². The summed E-state index contributed by atoms with van der Waals surface area (Å²) in [4.78, 5) is 61.1. The number of nitrogens with one attached hydrogen (secondary N) is 1. The summed E-state index contributed by atoms with van der Waals surface area (Å²) in [7, 11) is 3.46. The van der Waals surface area contributed by atoms with Gasteiger partial charge in [-0.15, -0.1) is 0 Å². The lowest BCUT2D eigenvalue weighted by molar-refractivity contribution is 0.00578. The van der Waals surface area contributed by atoms with Gasteiger partial charge in [0.2, 0.25) is 0 Å². The normalized spacial score (nSPS) is 16.0. The van der Waals surface area contributed by atoms with Gasteiger partial charge >= 0.3 is 19.3 Å². The zero-order valence-electron chi connectivity index (χ0n) is 48.5. The van der Waals surface area contributed by atoms with Gasteiger partial charge in [-0.2, -0.15) is 20.7 Å². The van der Waals surface area contributed by atoms with Crippen molar-refractivity contribution < 1.29 is 28.4 Å². The Morgan fingerprint density at radius 1 is 0.610 bits per heavy atom. The summed E-state index contributed by atoms with van der Waals surface area (Å²) in [6.45, 7) is 24.3. The van der Waals surface area contributed by atoms with Crippen molar-refractivity contribution in [2.75, 3.05) is 62.2 Å². The third kappa shape index (κ3) is 12.9. The van der Waals surface area contributed by atoms with Gasteiger partial charge in [0.1, 0.15) is 57.7 Å². The first-order chi connectivity index (χ1) is 38.8. The van der Waals surface area contributed by atoms with E-state index in [1.165, 1.54) is 12.1 Å². The molecule has 0 radical (unpaired) electrons. The second-order valence-electron chi connectivity index (χ2n) is 23.3. The van der Waals surface area contributed by atoms with Crippen molar-refractivity contribution in [3.8, 4) is 45.8 Å². The number of nitrogens with zero attached hydrogens (tertiary/aromatic N) is 15. The number of imidazole rings is 2. The minimum absolute atomic E-state index is 0.149. The Morgan fingerprint density at radius 3 is 1.57 bits per heavy atom. The maximum atomic E-state index is 12.4. The highest BCUT2D eigenvalue weighted by molar-refractivity contribution is 6.62. The number of carbonyl (C=O) groups excluding carboxylic acids is 2. The fraction of sp³-hybridized carbons (Fsp3) is 0.414. The minimum atomic E-state index is -0.513. The van der Waals surface area contributed by atoms with Gasteiger partial charge in [0.05, 0.1) is 35.0 Å². The Labute approximate surface area is 476 Å². The van der Waals surface area contributed by atoms with E-state index < -0.39 is 11.2 Å². The number of rotatable bonds is 6. The molecule has 11 heterocycles. The number of fused-ring (bicyclic) bond motifs is 2. The Bertz CT molecular complexity index is 3730. The van der Waals surface area contributed by atoms with Crippen molar-refractivity contribution in [2.24, 2.45) is 14.1 Å². The summed E-state index contributed by atoms with van der Waals surface area (Å²) in [5.74, 6) is 1.63. The van der Waals surface area contributed by atoms with Crippen molar-refractivity contribution in [1.82, 2.24) is 58.1 Å². The molecule has 0 aromatic carbocycles. The molecule has 0 saturated carbocycles. The van der Waals surface area contributed by atoms with Crippen LogP contribution in [0.3, 0.4) is 0 Å². The van der Waals surface area contributed by atoms with Crippen LogP contribution in [0.1, 0.15) is 80.6 Å². The lowest BCUT2D eigenvalue weighted by atomic mass is 9.82. The van der Waals surface area contributed by atoms with Crippen LogP contribution in [0.15, 0.2) is 103 Å². The van der Waals surface area contributed by atoms with Gasteiger partial charge in [-0.3, -0.25) is 23.0 Å². The number of amides is 2. The van der Waals surface area contributed by atoms with Crippen molar-refractivity contribution in [2.45, 2.75) is 91.6 Å². The van der Waals surface area contributed by atoms with Crippen LogP contribution in [-0.2, 0) is 32.9 Å². The molecule has 3 aliphatic rings. The third-order valence-corrected chi connectivity index (χ3v) is 14.4. The molecule has 82 heavy (non-hydrogen) atoms. The zero-order chi connectivity index (χ0) is 58.9. The van der Waals surface area contributed by atoms with E-state index in [1.807, 2.05) is 149 Å². The van der Waals surface area contributed by atoms with Crippen LogP contribution in [0.5, 0.6) is 0 Å². The van der Waals surface area contributed by atoms with Gasteiger partial charge < -0.3 is 43.4 Å². The van der Waals surface area contributed by atoms with Crippen LogP contribution in [0.4, 0.5) is 21.2 Å². The number of anilines is 2. The molecule has 8 aromatic heterocycles. The minimum Gasteiger partial charge on any atom is -0.444 e. The van der Waals surface area contributed by atoms with Crippen molar-refractivity contribution in [3.63, 3.8) is 0 Å². The zero-order valence-corrected chi connectivity index (χ0v) is 48.5. The van der Waals surface area contributed by atoms with Crippen LogP contribution in [0.25, 0.3) is 44.9 Å². The Balaban J connectivity index is 0.000000160. The number of H-pyrrole nitrogens is 1. The van der Waals surface area contributed by atoms with E-state index >= 15 is 0 Å². The second kappa shape index (κ2) is 22.9. The topological polar surface area (TPSA) is 248 Å². The predicted molar refractivity (Wildman–Crippen MR) is 310 cm³/mol. The number of piperazine rings is 2. The molecule has 0 spiro atoms. The molecule has 0 atom stereocenters. The lowest BCUT2D eigenvalue weighted by Gasteiger charge is -2.36. The Hall–Kier alpha value is -9.00. The van der Waals surface area contributed by atoms with E-state index in [4.69, 9.17) is 23.8 Å². The number of aromatic amines is 1. The molecule has 11 rings (SSSR count). The maximum absolute atomic E-state index is 12.4. The number of nitriles is 2. The SMILES string of the molecule is CC(C)(C)OC(=O)N1CCN(c2ccc(-c3cc(=O)cc4[nH]cc(C#N)n34)cn2)CC1.Cn1cc(-c2cc(-c3ccc(N4CCN(C(=O)OC(C)(C)C)CC4)nc3)n3c(C#N)cnc3c2)cn1.Cn1cc(B2OC(C)(C)C(C)(C)O2)cn1. The van der Waals surface area contributed by atoms with Gasteiger partial charge in [-0.05, 0) is 111 Å². The van der Waals surface area contributed by atoms with Gasteiger partial charge in [-0.1, -0.05) is 0 Å². The molecule has 3 saturated heterocycles. The largest absolute Gasteiger partial charge is 0.498 e. The molecule has 0 aliphatic carbocycles. The number of hydrogen-bond donors (Lipinski definition) is 1. The standard InChI is InChI=1S/C26H28N8O2.C22H24N6O3.C10H17BN2O2/c1-26(2,3)36-25(35)33-9-7-32(8-10-33)23-6-5-18(14-28-23)22-11-19(20-15-30-31(4)17-20)12-24-29-16-21(13-27)34(22)24;1-22(2,3)31-21(30)27-8-6-26(7-9-27)19-5-4-15(13-24-19)18-10-17(29)11-20-25-14-16(12-23)28(18)20;1-9(2)10(3,4)15-11(14-9)8-6-12-13(5)7-8/h5-6,11-12,14-17H,7-10H2,1-4H3;4-5,10-11,13-14,25H,6-9H2,1-3H3;6-7H,1-5H3. The highest BCUT2D eigenvalue weighted by atomic mass is 16.7. The molecule has 426 valence electrons. The molecular weight excluding hydrogens is 1040 g/mol. The van der Waals surface area contributed by atoms with Crippen LogP contribution >= 0.6 is 0 Å². The molecule has 24 heteroatoms. The molecule has 8 aromatic rings. The summed E-state index contributed by atoms with van der Waals surface area (Å²) >= 11 is 0. The average molecular weight is 1110 g/mol. The summed E-state index contributed by atoms with van der Waals surface area (Å²) in [5, 5.41) is 27.4. The number of aromatic nitrogens is 10. The molecule has 3 aliphatic heterocycles. The number of hydrogen-bond acceptors (Lipinski definition) is 16. The van der Waals surface area contributed by atoms with Crippen LogP contribution in [0, 0.1) is 22.7 Å². The first-order valence-electron chi connectivity index (χ1n) is 27.1. The molecule has 0 bridgehead atoms. The highest BCUT2D eigenvalue weighted by Gasteiger charge is 2.52. The van der Waals surface area contributed by atoms with Crippen LogP contribution in [0.2, 0.25) is 0 Å². The quantitative estimate of drug-likeness (QED) is 0.164. The van der Waals surface area contributed by atoms with E-state index in [9.17, 15) is 24.9 Å². The monoisotopic (exact) mass is 1110 g/mol. The van der Waals surface area contributed by atoms with E-state index in [2.05, 4.69) is 47.1 Å². The first kappa shape index (κ1) is 57.7. The summed E-state index contributed by atoms with van der Waals surface area (Å²) in [6.07, 6.45) is 13.5. The summed E-state index contributed by atoms with van der Waals surface area (Å²) in [6, 6.07) is 19.0. The van der Waals surface area contributed by atoms with Gasteiger partial charge in [0, 0.05) is 138 Å². The fourth-order valence-corrected chi connectivity index (χ4v) is 9.46. The lowest BCUT2D eigenvalue weighted by Crippen LogP contribution is -2.50. The van der Waals surface area contributed by atoms with E-state index in [0.717, 1.165) is 45.0 Å². The fourth-order valence-electron chi connectivity index (χ4n) is 9.46. The number of ether oxygens (including phenoxy) is 2. The van der Waals surface area contributed by atoms with Crippen molar-refractivity contribution >= 4 is 47.7 Å². The van der Waals surface area contributed by atoms with E-state index in [-0.39, 0.29) is 35.9 Å². The number of aryl methyl sites for hydroxylation is 2. The van der Waals surface area contributed by atoms with Gasteiger partial charge in [0.15, 0.2) is 5.43 Å². The first-order valence-corrected chi connectivity index (χ1v) is 27.1. The van der Waals surface area contributed by atoms with Gasteiger partial charge in [0.25, 0.3) is 0 Å². The average Bonchev–Trinajstić information content (AvgIpc) is 3.34. The van der Waals surface area contributed by atoms with Gasteiger partial charge in [-0.25, -0.2) is 24.5 Å². The number of pyridine rings is 4. The van der Waals surface area contributed by atoms with E-state index in [1.54, 1.807) is 48.4 Å². The molecule has 0 unspecified atom stereocenters. The molecule has 3 fully saturated rings. The summed E-state index contributed by atoms with van der Waals surface area (Å²) < 4.78 is 29.8. The highest BCUT2D eigenvalue weighted by Crippen LogP contribution is 2.37. The van der Waals surface area contributed by atoms with Crippen molar-refractivity contribution in [3.05, 3.63) is 120 Å². The maximum Gasteiger partial charge on any atom is 0.498 e. The third-order valence-electron chi connectivity index (χ3n) is 14.4. The van der Waals surface area contributed by atoms with Crippen LogP contribution < -0.4 is 20.7 Å². The Kier molecular flexibility index (Phi) is 16.1. The second-order valence-corrected chi connectivity index (χ2v) is 23.3. The van der Waals surface area contributed by atoms with E-state index in [0.29, 0.717) is 80.7 Å². The molecule has 2 amide bonds. The predicted octanol–water partition coefficient (Wildman–Crippen LogP) is 7.06. The molecule has 1 N–H and O–H groups in total.